The summed E-state index contributed by atoms with van der Waals surface area (Å²) >= 11 is 5.51. The van der Waals surface area contributed by atoms with Gasteiger partial charge in [-0.15, -0.1) is 0 Å². The Bertz CT molecular complexity index is 798. The Balaban J connectivity index is 1.69. The number of pyridine rings is 3. The predicted octanol–water partition coefficient (Wildman–Crippen LogP) is 2.78. The van der Waals surface area contributed by atoms with Gasteiger partial charge in [0.25, 0.3) is 0 Å². The van der Waals surface area contributed by atoms with Gasteiger partial charge in [0.05, 0.1) is 36.4 Å². The highest BCUT2D eigenvalue weighted by Crippen LogP contribution is 2.07. The van der Waals surface area contributed by atoms with Crippen molar-refractivity contribution in [2.24, 2.45) is 5.10 Å². The van der Waals surface area contributed by atoms with E-state index in [0.29, 0.717) is 18.2 Å². The van der Waals surface area contributed by atoms with Crippen LogP contribution in [0.3, 0.4) is 0 Å². The lowest BCUT2D eigenvalue weighted by atomic mass is 10.3. The standard InChI is InChI=1S/C19H18N6S/c26-19(24-23-13-16-7-1-4-10-20-16)25(14-17-8-2-5-11-21-17)15-18-9-3-6-12-22-18/h1-13H,14-15H2,(H,24,26)/b23-13+. The van der Waals surface area contributed by atoms with Gasteiger partial charge in [0.15, 0.2) is 5.11 Å². The van der Waals surface area contributed by atoms with Crippen molar-refractivity contribution in [3.8, 4) is 0 Å². The van der Waals surface area contributed by atoms with Crippen molar-refractivity contribution >= 4 is 23.5 Å². The molecule has 7 heteroatoms. The molecule has 0 fully saturated rings. The molecule has 1 N–H and O–H groups in total. The van der Waals surface area contributed by atoms with Gasteiger partial charge in [0, 0.05) is 18.6 Å². The van der Waals surface area contributed by atoms with E-state index >= 15 is 0 Å². The van der Waals surface area contributed by atoms with Crippen molar-refractivity contribution in [1.82, 2.24) is 25.3 Å². The number of hydrazone groups is 1. The number of nitrogens with one attached hydrogen (secondary N) is 1. The fourth-order valence-corrected chi connectivity index (χ4v) is 2.43. The van der Waals surface area contributed by atoms with E-state index in [1.54, 1.807) is 24.8 Å². The van der Waals surface area contributed by atoms with Crippen LogP contribution in [0.1, 0.15) is 17.1 Å². The molecule has 0 saturated carbocycles. The Kier molecular flexibility index (Phi) is 6.33. The van der Waals surface area contributed by atoms with Crippen LogP contribution in [0.15, 0.2) is 78.3 Å². The van der Waals surface area contributed by atoms with E-state index in [1.165, 1.54) is 0 Å². The maximum atomic E-state index is 5.51. The normalized spacial score (nSPS) is 10.6. The Morgan fingerprint density at radius 1 is 0.885 bits per heavy atom. The summed E-state index contributed by atoms with van der Waals surface area (Å²) in [6, 6.07) is 17.2. The van der Waals surface area contributed by atoms with Crippen molar-refractivity contribution in [2.75, 3.05) is 0 Å². The highest BCUT2D eigenvalue weighted by molar-refractivity contribution is 7.80. The van der Waals surface area contributed by atoms with Crippen LogP contribution in [0.5, 0.6) is 0 Å². The number of hydrogen-bond acceptors (Lipinski definition) is 5. The molecule has 3 aromatic heterocycles. The van der Waals surface area contributed by atoms with E-state index in [-0.39, 0.29) is 0 Å². The first-order valence-electron chi connectivity index (χ1n) is 8.10. The molecule has 0 amide bonds. The Hall–Kier alpha value is -3.19. The quantitative estimate of drug-likeness (QED) is 0.413. The van der Waals surface area contributed by atoms with Gasteiger partial charge in [-0.2, -0.15) is 5.10 Å². The largest absolute Gasteiger partial charge is 0.336 e. The molecule has 0 bridgehead atoms. The third kappa shape index (κ3) is 5.42. The van der Waals surface area contributed by atoms with E-state index in [0.717, 1.165) is 17.1 Å². The molecule has 130 valence electrons. The average molecular weight is 362 g/mol. The summed E-state index contributed by atoms with van der Waals surface area (Å²) in [6.07, 6.45) is 6.88. The number of thiocarbonyl (C=S) groups is 1. The van der Waals surface area contributed by atoms with Crippen molar-refractivity contribution in [3.63, 3.8) is 0 Å². The molecule has 0 aliphatic carbocycles. The van der Waals surface area contributed by atoms with Gasteiger partial charge in [-0.3, -0.25) is 20.4 Å². The summed E-state index contributed by atoms with van der Waals surface area (Å²) in [5.41, 5.74) is 5.49. The first-order valence-corrected chi connectivity index (χ1v) is 8.51. The average Bonchev–Trinajstić information content (AvgIpc) is 2.70. The summed E-state index contributed by atoms with van der Waals surface area (Å²) < 4.78 is 0. The Morgan fingerprint density at radius 2 is 1.46 bits per heavy atom. The summed E-state index contributed by atoms with van der Waals surface area (Å²) in [5.74, 6) is 0. The topological polar surface area (TPSA) is 66.3 Å². The molecule has 0 aliphatic rings. The van der Waals surface area contributed by atoms with Crippen LogP contribution in [0.4, 0.5) is 0 Å². The van der Waals surface area contributed by atoms with Gasteiger partial charge in [0.1, 0.15) is 0 Å². The first-order chi connectivity index (χ1) is 12.8. The lowest BCUT2D eigenvalue weighted by Gasteiger charge is -2.23. The zero-order valence-electron chi connectivity index (χ0n) is 14.1. The van der Waals surface area contributed by atoms with Crippen molar-refractivity contribution in [3.05, 3.63) is 90.3 Å². The summed E-state index contributed by atoms with van der Waals surface area (Å²) in [4.78, 5) is 14.9. The highest BCUT2D eigenvalue weighted by Gasteiger charge is 2.12. The lowest BCUT2D eigenvalue weighted by Crippen LogP contribution is -2.37. The predicted molar refractivity (Wildman–Crippen MR) is 105 cm³/mol. The van der Waals surface area contributed by atoms with Crippen LogP contribution in [0, 0.1) is 0 Å². The van der Waals surface area contributed by atoms with E-state index in [9.17, 15) is 0 Å². The van der Waals surface area contributed by atoms with E-state index in [2.05, 4.69) is 25.5 Å². The zero-order valence-corrected chi connectivity index (χ0v) is 14.9. The van der Waals surface area contributed by atoms with E-state index in [1.807, 2.05) is 59.5 Å². The van der Waals surface area contributed by atoms with Crippen LogP contribution < -0.4 is 5.43 Å². The Morgan fingerprint density at radius 3 is 1.96 bits per heavy atom. The summed E-state index contributed by atoms with van der Waals surface area (Å²) in [5, 5.41) is 4.68. The maximum Gasteiger partial charge on any atom is 0.190 e. The van der Waals surface area contributed by atoms with Crippen molar-refractivity contribution in [1.29, 1.82) is 0 Å². The molecule has 0 saturated heterocycles. The molecular formula is C19H18N6S. The second-order valence-electron chi connectivity index (χ2n) is 5.43. The molecule has 0 spiro atoms. The van der Waals surface area contributed by atoms with Gasteiger partial charge >= 0.3 is 0 Å². The molecule has 3 aromatic rings. The van der Waals surface area contributed by atoms with Crippen LogP contribution in [-0.2, 0) is 13.1 Å². The molecule has 0 aliphatic heterocycles. The fourth-order valence-electron chi connectivity index (χ4n) is 2.25. The SMILES string of the molecule is S=C(N/N=C/c1ccccn1)N(Cc1ccccn1)Cc1ccccn1. The minimum atomic E-state index is 0.494. The van der Waals surface area contributed by atoms with Crippen LogP contribution in [-0.4, -0.2) is 31.2 Å². The van der Waals surface area contributed by atoms with E-state index in [4.69, 9.17) is 12.2 Å². The van der Waals surface area contributed by atoms with Gasteiger partial charge in [-0.25, -0.2) is 0 Å². The van der Waals surface area contributed by atoms with E-state index < -0.39 is 0 Å². The summed E-state index contributed by atoms with van der Waals surface area (Å²) in [6.45, 7) is 1.12. The summed E-state index contributed by atoms with van der Waals surface area (Å²) in [7, 11) is 0. The minimum absolute atomic E-state index is 0.494. The fraction of sp³-hybridized carbons (Fsp3) is 0.105. The second kappa shape index (κ2) is 9.33. The minimum Gasteiger partial charge on any atom is -0.336 e. The molecule has 6 nitrogen and oxygen atoms in total. The molecule has 3 heterocycles. The van der Waals surface area contributed by atoms with Crippen molar-refractivity contribution in [2.45, 2.75) is 13.1 Å². The van der Waals surface area contributed by atoms with Crippen molar-refractivity contribution < 1.29 is 0 Å². The maximum absolute atomic E-state index is 5.51. The number of hydrogen-bond donors (Lipinski definition) is 1. The van der Waals surface area contributed by atoms with Gasteiger partial charge in [-0.1, -0.05) is 18.2 Å². The first kappa shape index (κ1) is 17.6. The second-order valence-corrected chi connectivity index (χ2v) is 5.81. The molecule has 26 heavy (non-hydrogen) atoms. The molecule has 3 rings (SSSR count). The smallest absolute Gasteiger partial charge is 0.190 e. The number of rotatable bonds is 6. The number of aromatic nitrogens is 3. The highest BCUT2D eigenvalue weighted by atomic mass is 32.1. The van der Waals surface area contributed by atoms with Crippen LogP contribution in [0.25, 0.3) is 0 Å². The van der Waals surface area contributed by atoms with Gasteiger partial charge in [0.2, 0.25) is 0 Å². The molecular weight excluding hydrogens is 344 g/mol. The van der Waals surface area contributed by atoms with Crippen LogP contribution >= 0.6 is 12.2 Å². The third-order valence-corrected chi connectivity index (χ3v) is 3.84. The van der Waals surface area contributed by atoms with Crippen LogP contribution in [0.2, 0.25) is 0 Å². The van der Waals surface area contributed by atoms with Gasteiger partial charge < -0.3 is 4.90 Å². The molecule has 0 atom stereocenters. The molecule has 0 unspecified atom stereocenters. The zero-order chi connectivity index (χ0) is 18.0. The van der Waals surface area contributed by atoms with Gasteiger partial charge in [-0.05, 0) is 48.6 Å². The monoisotopic (exact) mass is 362 g/mol. The number of nitrogens with zero attached hydrogens (tertiary/aromatic N) is 5. The Labute approximate surface area is 157 Å². The molecule has 0 radical (unpaired) electrons. The molecule has 0 aromatic carbocycles. The lowest BCUT2D eigenvalue weighted by molar-refractivity contribution is 0.390. The third-order valence-electron chi connectivity index (χ3n) is 3.49.